The molecule has 1 N–H and O–H groups in total. The van der Waals surface area contributed by atoms with Gasteiger partial charge in [0.25, 0.3) is 0 Å². The number of hydrogen-bond acceptors (Lipinski definition) is 3. The quantitative estimate of drug-likeness (QED) is 0.921. The molecule has 0 aliphatic rings. The Labute approximate surface area is 114 Å². The van der Waals surface area contributed by atoms with Crippen molar-refractivity contribution in [3.63, 3.8) is 0 Å². The molecule has 0 saturated heterocycles. The molecule has 0 unspecified atom stereocenters. The van der Waals surface area contributed by atoms with Crippen molar-refractivity contribution in [2.75, 3.05) is 0 Å². The molecule has 0 bridgehead atoms. The van der Waals surface area contributed by atoms with Crippen molar-refractivity contribution in [3.8, 4) is 10.4 Å². The van der Waals surface area contributed by atoms with Crippen LogP contribution in [-0.2, 0) is 0 Å². The fourth-order valence-electron chi connectivity index (χ4n) is 1.75. The molecule has 19 heavy (non-hydrogen) atoms. The summed E-state index contributed by atoms with van der Waals surface area (Å²) in [6.07, 6.45) is 0. The van der Waals surface area contributed by atoms with Gasteiger partial charge in [-0.3, -0.25) is 0 Å². The molecular weight excluding hydrogens is 265 g/mol. The van der Waals surface area contributed by atoms with Gasteiger partial charge in [0.05, 0.1) is 9.88 Å². The van der Waals surface area contributed by atoms with Crippen LogP contribution in [0.4, 0.5) is 4.39 Å². The highest BCUT2D eigenvalue weighted by Crippen LogP contribution is 2.35. The normalized spacial score (nSPS) is 11.0. The third kappa shape index (κ3) is 2.66. The van der Waals surface area contributed by atoms with Crippen LogP contribution in [0.1, 0.15) is 40.8 Å². The molecule has 3 nitrogen and oxygen atoms in total. The first-order valence-corrected chi connectivity index (χ1v) is 6.72. The molecule has 100 valence electrons. The topological polar surface area (TPSA) is 50.2 Å². The molecule has 0 radical (unpaired) electrons. The van der Waals surface area contributed by atoms with E-state index in [1.165, 1.54) is 23.5 Å². The Bertz CT molecular complexity index is 634. The summed E-state index contributed by atoms with van der Waals surface area (Å²) < 4.78 is 13.4. The van der Waals surface area contributed by atoms with Gasteiger partial charge in [0.2, 0.25) is 0 Å². The van der Waals surface area contributed by atoms with E-state index in [-0.39, 0.29) is 17.4 Å². The average Bonchev–Trinajstić information content (AvgIpc) is 2.77. The first kappa shape index (κ1) is 13.7. The van der Waals surface area contributed by atoms with E-state index in [1.54, 1.807) is 6.07 Å². The summed E-state index contributed by atoms with van der Waals surface area (Å²) in [4.78, 5) is 16.0. The summed E-state index contributed by atoms with van der Waals surface area (Å²) in [7, 11) is 0. The molecule has 0 amide bonds. The highest BCUT2D eigenvalue weighted by Gasteiger charge is 2.21. The Morgan fingerprint density at radius 3 is 2.68 bits per heavy atom. The monoisotopic (exact) mass is 279 g/mol. The Morgan fingerprint density at radius 2 is 2.11 bits per heavy atom. The summed E-state index contributed by atoms with van der Waals surface area (Å²) >= 11 is 1.31. The lowest BCUT2D eigenvalue weighted by Gasteiger charge is -2.04. The molecule has 1 aromatic carbocycles. The van der Waals surface area contributed by atoms with Crippen LogP contribution >= 0.6 is 11.3 Å². The molecule has 0 atom stereocenters. The molecule has 1 heterocycles. The first-order chi connectivity index (χ1) is 8.90. The van der Waals surface area contributed by atoms with E-state index < -0.39 is 5.97 Å². The minimum atomic E-state index is -1.08. The molecule has 0 fully saturated rings. The van der Waals surface area contributed by atoms with Crippen molar-refractivity contribution in [1.29, 1.82) is 0 Å². The van der Waals surface area contributed by atoms with Crippen molar-refractivity contribution in [3.05, 3.63) is 40.3 Å². The highest BCUT2D eigenvalue weighted by atomic mass is 32.1. The number of aromatic nitrogens is 1. The second kappa shape index (κ2) is 5.09. The van der Waals surface area contributed by atoms with Gasteiger partial charge < -0.3 is 5.11 Å². The average molecular weight is 279 g/mol. The Kier molecular flexibility index (Phi) is 3.66. The maximum Gasteiger partial charge on any atom is 0.356 e. The van der Waals surface area contributed by atoms with Crippen LogP contribution in [0.5, 0.6) is 0 Å². The zero-order chi connectivity index (χ0) is 14.2. The van der Waals surface area contributed by atoms with Crippen molar-refractivity contribution >= 4 is 17.3 Å². The number of carbonyl (C=O) groups is 1. The van der Waals surface area contributed by atoms with Gasteiger partial charge in [-0.1, -0.05) is 19.9 Å². The molecular formula is C14H14FNO2S. The molecule has 0 spiro atoms. The van der Waals surface area contributed by atoms with E-state index in [2.05, 4.69) is 4.98 Å². The van der Waals surface area contributed by atoms with Gasteiger partial charge in [0.15, 0.2) is 5.69 Å². The smallest absolute Gasteiger partial charge is 0.356 e. The summed E-state index contributed by atoms with van der Waals surface area (Å²) in [6.45, 7) is 5.73. The van der Waals surface area contributed by atoms with E-state index in [9.17, 15) is 14.3 Å². The Balaban J connectivity index is 2.66. The number of carboxylic acids is 1. The first-order valence-electron chi connectivity index (χ1n) is 5.90. The second-order valence-electron chi connectivity index (χ2n) is 4.65. The Morgan fingerprint density at radius 1 is 1.42 bits per heavy atom. The third-order valence-electron chi connectivity index (χ3n) is 2.78. The summed E-state index contributed by atoms with van der Waals surface area (Å²) in [5, 5.41) is 9.98. The van der Waals surface area contributed by atoms with Crippen molar-refractivity contribution in [2.45, 2.75) is 26.7 Å². The molecule has 5 heteroatoms. The predicted molar refractivity (Wildman–Crippen MR) is 73.3 cm³/mol. The molecule has 1 aromatic heterocycles. The fraction of sp³-hybridized carbons (Fsp3) is 0.286. The zero-order valence-electron chi connectivity index (χ0n) is 10.9. The highest BCUT2D eigenvalue weighted by molar-refractivity contribution is 7.15. The molecule has 2 aromatic rings. The Hall–Kier alpha value is -1.75. The van der Waals surface area contributed by atoms with E-state index in [4.69, 9.17) is 0 Å². The van der Waals surface area contributed by atoms with E-state index >= 15 is 0 Å². The van der Waals surface area contributed by atoms with Crippen molar-refractivity contribution in [1.82, 2.24) is 4.98 Å². The van der Waals surface area contributed by atoms with Crippen molar-refractivity contribution in [2.24, 2.45) is 0 Å². The zero-order valence-corrected chi connectivity index (χ0v) is 11.7. The number of rotatable bonds is 3. The van der Waals surface area contributed by atoms with Crippen LogP contribution in [0.15, 0.2) is 18.2 Å². The van der Waals surface area contributed by atoms with Gasteiger partial charge in [-0.2, -0.15) is 0 Å². The van der Waals surface area contributed by atoms with E-state index in [0.29, 0.717) is 10.4 Å². The van der Waals surface area contributed by atoms with Crippen molar-refractivity contribution < 1.29 is 14.3 Å². The number of halogens is 1. The van der Waals surface area contributed by atoms with Gasteiger partial charge in [-0.05, 0) is 30.2 Å². The van der Waals surface area contributed by atoms with E-state index in [0.717, 1.165) is 10.6 Å². The number of nitrogens with zero attached hydrogens (tertiary/aromatic N) is 1. The SMILES string of the molecule is Cc1ccc(F)cc1-c1sc(C(C)C)nc1C(=O)O. The molecule has 0 aliphatic heterocycles. The van der Waals surface area contributed by atoms with Gasteiger partial charge in [-0.15, -0.1) is 11.3 Å². The van der Waals surface area contributed by atoms with Crippen LogP contribution in [0.25, 0.3) is 10.4 Å². The fourth-order valence-corrected chi connectivity index (χ4v) is 2.89. The standard InChI is InChI=1S/C14H14FNO2S/c1-7(2)13-16-11(14(17)18)12(19-13)10-6-9(15)5-4-8(10)3/h4-7H,1-3H3,(H,17,18). The number of aromatic carboxylic acids is 1. The lowest BCUT2D eigenvalue weighted by Crippen LogP contribution is -2.00. The minimum Gasteiger partial charge on any atom is -0.476 e. The van der Waals surface area contributed by atoms with Crippen LogP contribution in [0.3, 0.4) is 0 Å². The largest absolute Gasteiger partial charge is 0.476 e. The third-order valence-corrected chi connectivity index (χ3v) is 4.17. The maximum atomic E-state index is 13.4. The van der Waals surface area contributed by atoms with Crippen LogP contribution < -0.4 is 0 Å². The lowest BCUT2D eigenvalue weighted by molar-refractivity contribution is 0.0692. The molecule has 0 aliphatic carbocycles. The number of thiazole rings is 1. The summed E-state index contributed by atoms with van der Waals surface area (Å²) in [5.74, 6) is -1.32. The van der Waals surface area contributed by atoms with E-state index in [1.807, 2.05) is 20.8 Å². The molecule has 2 rings (SSSR count). The number of aryl methyl sites for hydroxylation is 1. The van der Waals surface area contributed by atoms with Gasteiger partial charge in [0, 0.05) is 5.92 Å². The number of carboxylic acid groups (broad SMARTS) is 1. The van der Waals surface area contributed by atoms with Crippen LogP contribution in [0, 0.1) is 12.7 Å². The second-order valence-corrected chi connectivity index (χ2v) is 5.68. The summed E-state index contributed by atoms with van der Waals surface area (Å²) in [6, 6.07) is 4.37. The summed E-state index contributed by atoms with van der Waals surface area (Å²) in [5.41, 5.74) is 1.44. The predicted octanol–water partition coefficient (Wildman–Crippen LogP) is 4.08. The van der Waals surface area contributed by atoms with Gasteiger partial charge in [0.1, 0.15) is 5.82 Å². The minimum absolute atomic E-state index is 0.00222. The van der Waals surface area contributed by atoms with Crippen LogP contribution in [0.2, 0.25) is 0 Å². The van der Waals surface area contributed by atoms with Gasteiger partial charge in [-0.25, -0.2) is 14.2 Å². The number of hydrogen-bond donors (Lipinski definition) is 1. The maximum absolute atomic E-state index is 13.4. The van der Waals surface area contributed by atoms with Gasteiger partial charge >= 0.3 is 5.97 Å². The van der Waals surface area contributed by atoms with Crippen LogP contribution in [-0.4, -0.2) is 16.1 Å². The molecule has 0 saturated carbocycles. The number of benzene rings is 1. The lowest BCUT2D eigenvalue weighted by atomic mass is 10.1.